The molecule has 1 aromatic rings. The summed E-state index contributed by atoms with van der Waals surface area (Å²) in [7, 11) is 0. The number of phenolic OH excluding ortho intramolecular Hbond substituents is 1. The molecular formula is C12H13NO3. The van der Waals surface area contributed by atoms with Crippen LogP contribution in [0, 0.1) is 18.3 Å². The normalized spacial score (nSPS) is 9.56. The van der Waals surface area contributed by atoms with Gasteiger partial charge in [0.15, 0.2) is 0 Å². The van der Waals surface area contributed by atoms with Crippen LogP contribution < -0.4 is 0 Å². The topological polar surface area (TPSA) is 70.3 Å². The van der Waals surface area contributed by atoms with Gasteiger partial charge in [-0.2, -0.15) is 5.26 Å². The second-order valence-corrected chi connectivity index (χ2v) is 3.36. The van der Waals surface area contributed by atoms with Gasteiger partial charge in [0.05, 0.1) is 18.6 Å². The van der Waals surface area contributed by atoms with Crippen molar-refractivity contribution < 1.29 is 14.6 Å². The predicted molar refractivity (Wildman–Crippen MR) is 57.9 cm³/mol. The number of phenols is 1. The van der Waals surface area contributed by atoms with Gasteiger partial charge in [0, 0.05) is 5.56 Å². The highest BCUT2D eigenvalue weighted by Gasteiger charge is 2.13. The van der Waals surface area contributed by atoms with Gasteiger partial charge in [0.25, 0.3) is 0 Å². The number of esters is 1. The standard InChI is InChI=1S/C12H13NO3/c1-3-16-11(14)6-9-5-4-8(2)10(7-13)12(9)15/h4-5,15H,3,6H2,1-2H3. The first-order valence-electron chi connectivity index (χ1n) is 4.97. The molecule has 0 atom stereocenters. The Balaban J connectivity index is 2.99. The van der Waals surface area contributed by atoms with Crippen molar-refractivity contribution in [2.75, 3.05) is 6.61 Å². The maximum absolute atomic E-state index is 11.2. The molecule has 1 N–H and O–H groups in total. The average Bonchev–Trinajstić information content (AvgIpc) is 2.23. The lowest BCUT2D eigenvalue weighted by molar-refractivity contribution is -0.142. The molecule has 0 spiro atoms. The Morgan fingerprint density at radius 2 is 2.25 bits per heavy atom. The highest BCUT2D eigenvalue weighted by Crippen LogP contribution is 2.25. The molecule has 0 aromatic heterocycles. The fourth-order valence-electron chi connectivity index (χ4n) is 1.39. The zero-order valence-corrected chi connectivity index (χ0v) is 9.28. The van der Waals surface area contributed by atoms with Gasteiger partial charge < -0.3 is 9.84 Å². The van der Waals surface area contributed by atoms with E-state index in [2.05, 4.69) is 0 Å². The second-order valence-electron chi connectivity index (χ2n) is 3.36. The van der Waals surface area contributed by atoms with Crippen molar-refractivity contribution >= 4 is 5.97 Å². The van der Waals surface area contributed by atoms with Crippen LogP contribution in [0.15, 0.2) is 12.1 Å². The second kappa shape index (κ2) is 5.17. The predicted octanol–water partition coefficient (Wildman–Crippen LogP) is 1.68. The lowest BCUT2D eigenvalue weighted by atomic mass is 10.0. The van der Waals surface area contributed by atoms with Gasteiger partial charge in [-0.3, -0.25) is 4.79 Å². The van der Waals surface area contributed by atoms with Gasteiger partial charge in [-0.05, 0) is 19.4 Å². The number of aryl methyl sites for hydroxylation is 1. The third-order valence-corrected chi connectivity index (χ3v) is 2.22. The van der Waals surface area contributed by atoms with E-state index in [9.17, 15) is 9.90 Å². The Labute approximate surface area is 94.1 Å². The van der Waals surface area contributed by atoms with E-state index < -0.39 is 5.97 Å². The van der Waals surface area contributed by atoms with Gasteiger partial charge >= 0.3 is 5.97 Å². The number of carbonyl (C=O) groups is 1. The molecule has 1 rings (SSSR count). The summed E-state index contributed by atoms with van der Waals surface area (Å²) in [6.07, 6.45) is -0.0192. The van der Waals surface area contributed by atoms with Gasteiger partial charge in [-0.15, -0.1) is 0 Å². The summed E-state index contributed by atoms with van der Waals surface area (Å²) in [6, 6.07) is 5.24. The van der Waals surface area contributed by atoms with Crippen molar-refractivity contribution in [2.24, 2.45) is 0 Å². The van der Waals surface area contributed by atoms with E-state index in [1.54, 1.807) is 26.0 Å². The summed E-state index contributed by atoms with van der Waals surface area (Å²) in [4.78, 5) is 11.2. The highest BCUT2D eigenvalue weighted by atomic mass is 16.5. The summed E-state index contributed by atoms with van der Waals surface area (Å²) >= 11 is 0. The first kappa shape index (κ1) is 12.1. The van der Waals surface area contributed by atoms with E-state index in [0.29, 0.717) is 17.7 Å². The quantitative estimate of drug-likeness (QED) is 0.785. The van der Waals surface area contributed by atoms with E-state index in [1.807, 2.05) is 6.07 Å². The maximum atomic E-state index is 11.2. The third kappa shape index (κ3) is 2.51. The highest BCUT2D eigenvalue weighted by molar-refractivity contribution is 5.74. The molecule has 0 amide bonds. The smallest absolute Gasteiger partial charge is 0.310 e. The number of hydrogen-bond acceptors (Lipinski definition) is 4. The molecule has 4 heteroatoms. The SMILES string of the molecule is CCOC(=O)Cc1ccc(C)c(C#N)c1O. The number of carbonyl (C=O) groups excluding carboxylic acids is 1. The van der Waals surface area contributed by atoms with Crippen LogP contribution in [0.1, 0.15) is 23.6 Å². The Morgan fingerprint density at radius 3 is 2.81 bits per heavy atom. The lowest BCUT2D eigenvalue weighted by Gasteiger charge is -2.07. The molecule has 0 aliphatic rings. The Hall–Kier alpha value is -2.02. The lowest BCUT2D eigenvalue weighted by Crippen LogP contribution is -2.08. The Bertz CT molecular complexity index is 446. The molecule has 0 fully saturated rings. The Morgan fingerprint density at radius 1 is 1.56 bits per heavy atom. The van der Waals surface area contributed by atoms with E-state index in [4.69, 9.17) is 10.00 Å². The molecule has 16 heavy (non-hydrogen) atoms. The fraction of sp³-hybridized carbons (Fsp3) is 0.333. The number of benzene rings is 1. The summed E-state index contributed by atoms with van der Waals surface area (Å²) in [5.74, 6) is -0.541. The monoisotopic (exact) mass is 219 g/mol. The van der Waals surface area contributed by atoms with Crippen molar-refractivity contribution in [3.05, 3.63) is 28.8 Å². The molecule has 0 aliphatic carbocycles. The molecule has 0 radical (unpaired) electrons. The van der Waals surface area contributed by atoms with Crippen molar-refractivity contribution in [3.8, 4) is 11.8 Å². The van der Waals surface area contributed by atoms with E-state index in [-0.39, 0.29) is 17.7 Å². The Kier molecular flexibility index (Phi) is 3.90. The van der Waals surface area contributed by atoms with Gasteiger partial charge in [-0.1, -0.05) is 12.1 Å². The van der Waals surface area contributed by atoms with Crippen LogP contribution >= 0.6 is 0 Å². The van der Waals surface area contributed by atoms with Gasteiger partial charge in [0.1, 0.15) is 11.8 Å². The van der Waals surface area contributed by atoms with Crippen LogP contribution in [0.3, 0.4) is 0 Å². The van der Waals surface area contributed by atoms with Crippen molar-refractivity contribution in [1.29, 1.82) is 5.26 Å². The van der Waals surface area contributed by atoms with Crippen LogP contribution in [-0.4, -0.2) is 17.7 Å². The number of rotatable bonds is 3. The number of hydrogen-bond donors (Lipinski definition) is 1. The molecule has 0 saturated heterocycles. The summed E-state index contributed by atoms with van der Waals surface area (Å²) < 4.78 is 4.77. The molecule has 0 saturated carbocycles. The summed E-state index contributed by atoms with van der Waals surface area (Å²) in [6.45, 7) is 3.75. The number of aromatic hydroxyl groups is 1. The first-order chi connectivity index (χ1) is 7.60. The minimum absolute atomic E-state index is 0.0192. The first-order valence-corrected chi connectivity index (χ1v) is 4.97. The number of ether oxygens (including phenoxy) is 1. The van der Waals surface area contributed by atoms with Crippen LogP contribution in [0.25, 0.3) is 0 Å². The molecule has 84 valence electrons. The van der Waals surface area contributed by atoms with Gasteiger partial charge in [-0.25, -0.2) is 0 Å². The summed E-state index contributed by atoms with van der Waals surface area (Å²) in [5.41, 5.74) is 1.31. The van der Waals surface area contributed by atoms with E-state index in [1.165, 1.54) is 0 Å². The average molecular weight is 219 g/mol. The molecular weight excluding hydrogens is 206 g/mol. The number of nitrogens with zero attached hydrogens (tertiary/aromatic N) is 1. The van der Waals surface area contributed by atoms with Crippen molar-refractivity contribution in [3.63, 3.8) is 0 Å². The van der Waals surface area contributed by atoms with Crippen LogP contribution in [0.4, 0.5) is 0 Å². The maximum Gasteiger partial charge on any atom is 0.310 e. The molecule has 4 nitrogen and oxygen atoms in total. The fourth-order valence-corrected chi connectivity index (χ4v) is 1.39. The largest absolute Gasteiger partial charge is 0.506 e. The van der Waals surface area contributed by atoms with E-state index >= 15 is 0 Å². The van der Waals surface area contributed by atoms with Gasteiger partial charge in [0.2, 0.25) is 0 Å². The molecule has 0 bridgehead atoms. The van der Waals surface area contributed by atoms with E-state index in [0.717, 1.165) is 0 Å². The van der Waals surface area contributed by atoms with Crippen LogP contribution in [0.2, 0.25) is 0 Å². The number of nitriles is 1. The van der Waals surface area contributed by atoms with Crippen molar-refractivity contribution in [1.82, 2.24) is 0 Å². The molecule has 1 aromatic carbocycles. The zero-order chi connectivity index (χ0) is 12.1. The zero-order valence-electron chi connectivity index (χ0n) is 9.28. The molecule has 0 aliphatic heterocycles. The molecule has 0 heterocycles. The van der Waals surface area contributed by atoms with Crippen molar-refractivity contribution in [2.45, 2.75) is 20.3 Å². The van der Waals surface area contributed by atoms with Crippen LogP contribution in [-0.2, 0) is 16.0 Å². The minimum atomic E-state index is -0.412. The summed E-state index contributed by atoms with van der Waals surface area (Å²) in [5, 5.41) is 18.6. The molecule has 0 unspecified atom stereocenters. The third-order valence-electron chi connectivity index (χ3n) is 2.22. The minimum Gasteiger partial charge on any atom is -0.506 e. The van der Waals surface area contributed by atoms with Crippen LogP contribution in [0.5, 0.6) is 5.75 Å².